The standard InChI is InChI=1S/C9H17NO/c1-9(2,11-10)8-6-4-3-5-7-8/h3-4,8H,5-7,10H2,1-2H3. The molecule has 0 saturated heterocycles. The SMILES string of the molecule is CC(C)(ON)C1CC=CCC1. The fourth-order valence-electron chi connectivity index (χ4n) is 1.52. The number of nitrogens with two attached hydrogens (primary N) is 1. The summed E-state index contributed by atoms with van der Waals surface area (Å²) in [7, 11) is 0. The van der Waals surface area contributed by atoms with E-state index in [9.17, 15) is 0 Å². The van der Waals surface area contributed by atoms with Crippen LogP contribution in [0.25, 0.3) is 0 Å². The first-order valence-corrected chi connectivity index (χ1v) is 4.19. The molecule has 64 valence electrons. The van der Waals surface area contributed by atoms with Crippen molar-refractivity contribution < 1.29 is 4.84 Å². The summed E-state index contributed by atoms with van der Waals surface area (Å²) in [4.78, 5) is 4.94. The summed E-state index contributed by atoms with van der Waals surface area (Å²) in [5.74, 6) is 5.79. The third-order valence-electron chi connectivity index (χ3n) is 2.56. The van der Waals surface area contributed by atoms with Crippen LogP contribution < -0.4 is 5.90 Å². The normalized spacial score (nSPS) is 25.5. The van der Waals surface area contributed by atoms with Crippen LogP contribution >= 0.6 is 0 Å². The molecule has 0 saturated carbocycles. The van der Waals surface area contributed by atoms with E-state index >= 15 is 0 Å². The smallest absolute Gasteiger partial charge is 0.0868 e. The minimum absolute atomic E-state index is 0.162. The van der Waals surface area contributed by atoms with Gasteiger partial charge in [-0.3, -0.25) is 4.84 Å². The second kappa shape index (κ2) is 3.37. The van der Waals surface area contributed by atoms with Crippen LogP contribution in [-0.2, 0) is 4.84 Å². The van der Waals surface area contributed by atoms with Crippen molar-refractivity contribution in [2.24, 2.45) is 11.8 Å². The molecule has 1 atom stereocenters. The molecule has 0 aliphatic heterocycles. The molecule has 1 aliphatic carbocycles. The van der Waals surface area contributed by atoms with Gasteiger partial charge in [-0.15, -0.1) is 0 Å². The Morgan fingerprint density at radius 3 is 2.64 bits per heavy atom. The van der Waals surface area contributed by atoms with Crippen molar-refractivity contribution in [2.45, 2.75) is 38.7 Å². The van der Waals surface area contributed by atoms with Gasteiger partial charge in [-0.05, 0) is 39.0 Å². The zero-order chi connectivity index (χ0) is 8.32. The molecule has 2 N–H and O–H groups in total. The van der Waals surface area contributed by atoms with Crippen molar-refractivity contribution in [2.75, 3.05) is 0 Å². The summed E-state index contributed by atoms with van der Waals surface area (Å²) in [5.41, 5.74) is -0.162. The van der Waals surface area contributed by atoms with E-state index in [1.165, 1.54) is 6.42 Å². The summed E-state index contributed by atoms with van der Waals surface area (Å²) >= 11 is 0. The van der Waals surface area contributed by atoms with Gasteiger partial charge in [-0.2, -0.15) is 0 Å². The van der Waals surface area contributed by atoms with Crippen LogP contribution in [0.1, 0.15) is 33.1 Å². The van der Waals surface area contributed by atoms with Crippen molar-refractivity contribution in [1.82, 2.24) is 0 Å². The molecule has 0 amide bonds. The number of allylic oxidation sites excluding steroid dienone is 2. The maximum Gasteiger partial charge on any atom is 0.0868 e. The minimum Gasteiger partial charge on any atom is -0.298 e. The van der Waals surface area contributed by atoms with E-state index in [4.69, 9.17) is 10.7 Å². The summed E-state index contributed by atoms with van der Waals surface area (Å²) in [6, 6.07) is 0. The Morgan fingerprint density at radius 2 is 2.18 bits per heavy atom. The Bertz CT molecular complexity index is 152. The Balaban J connectivity index is 2.52. The van der Waals surface area contributed by atoms with Gasteiger partial charge in [0.25, 0.3) is 0 Å². The number of hydrogen-bond donors (Lipinski definition) is 1. The minimum atomic E-state index is -0.162. The van der Waals surface area contributed by atoms with Gasteiger partial charge < -0.3 is 0 Å². The lowest BCUT2D eigenvalue weighted by atomic mass is 9.82. The maximum atomic E-state index is 5.21. The molecule has 0 spiro atoms. The van der Waals surface area contributed by atoms with Gasteiger partial charge in [0.2, 0.25) is 0 Å². The van der Waals surface area contributed by atoms with Crippen LogP contribution in [-0.4, -0.2) is 5.60 Å². The summed E-state index contributed by atoms with van der Waals surface area (Å²) in [6.07, 6.45) is 7.90. The highest BCUT2D eigenvalue weighted by atomic mass is 16.6. The van der Waals surface area contributed by atoms with Crippen LogP contribution in [0.15, 0.2) is 12.2 Å². The fourth-order valence-corrected chi connectivity index (χ4v) is 1.52. The van der Waals surface area contributed by atoms with Gasteiger partial charge in [0.05, 0.1) is 5.60 Å². The van der Waals surface area contributed by atoms with Crippen LogP contribution in [0.2, 0.25) is 0 Å². The van der Waals surface area contributed by atoms with Gasteiger partial charge >= 0.3 is 0 Å². The molecule has 0 aromatic carbocycles. The van der Waals surface area contributed by atoms with E-state index in [0.29, 0.717) is 5.92 Å². The number of hydrogen-bond acceptors (Lipinski definition) is 2. The Kier molecular flexibility index (Phi) is 2.68. The summed E-state index contributed by atoms with van der Waals surface area (Å²) in [5, 5.41) is 0. The van der Waals surface area contributed by atoms with Crippen LogP contribution in [0.3, 0.4) is 0 Å². The largest absolute Gasteiger partial charge is 0.298 e. The lowest BCUT2D eigenvalue weighted by molar-refractivity contribution is -0.0650. The molecule has 1 aliphatic rings. The molecule has 2 nitrogen and oxygen atoms in total. The Hall–Kier alpha value is -0.340. The van der Waals surface area contributed by atoms with Gasteiger partial charge in [-0.25, -0.2) is 5.90 Å². The van der Waals surface area contributed by atoms with Gasteiger partial charge in [-0.1, -0.05) is 12.2 Å². The predicted octanol–water partition coefficient (Wildman–Crippen LogP) is 2.01. The first-order chi connectivity index (χ1) is 5.17. The zero-order valence-electron chi connectivity index (χ0n) is 7.34. The van der Waals surface area contributed by atoms with Crippen molar-refractivity contribution in [1.29, 1.82) is 0 Å². The predicted molar refractivity (Wildman–Crippen MR) is 45.8 cm³/mol. The lowest BCUT2D eigenvalue weighted by Crippen LogP contribution is -2.37. The zero-order valence-corrected chi connectivity index (χ0v) is 7.34. The van der Waals surface area contributed by atoms with Crippen molar-refractivity contribution in [3.05, 3.63) is 12.2 Å². The Labute approximate surface area is 68.4 Å². The monoisotopic (exact) mass is 155 g/mol. The average Bonchev–Trinajstić information content (AvgIpc) is 2.06. The van der Waals surface area contributed by atoms with Crippen molar-refractivity contribution in [3.63, 3.8) is 0 Å². The molecule has 11 heavy (non-hydrogen) atoms. The fraction of sp³-hybridized carbons (Fsp3) is 0.778. The molecule has 2 heteroatoms. The highest BCUT2D eigenvalue weighted by Crippen LogP contribution is 2.30. The second-order valence-corrected chi connectivity index (χ2v) is 3.70. The van der Waals surface area contributed by atoms with Crippen LogP contribution in [0.4, 0.5) is 0 Å². The van der Waals surface area contributed by atoms with Crippen molar-refractivity contribution in [3.8, 4) is 0 Å². The van der Waals surface area contributed by atoms with Crippen LogP contribution in [0.5, 0.6) is 0 Å². The van der Waals surface area contributed by atoms with E-state index in [1.54, 1.807) is 0 Å². The molecule has 1 unspecified atom stereocenters. The molecule has 0 aromatic heterocycles. The molecule has 1 rings (SSSR count). The molecular formula is C9H17NO. The summed E-state index contributed by atoms with van der Waals surface area (Å²) < 4.78 is 0. The second-order valence-electron chi connectivity index (χ2n) is 3.70. The topological polar surface area (TPSA) is 35.2 Å². The molecule has 0 radical (unpaired) electrons. The van der Waals surface area contributed by atoms with E-state index in [1.807, 2.05) is 0 Å². The summed E-state index contributed by atoms with van der Waals surface area (Å²) in [6.45, 7) is 4.10. The third kappa shape index (κ3) is 2.04. The maximum absolute atomic E-state index is 5.21. The van der Waals surface area contributed by atoms with E-state index in [0.717, 1.165) is 12.8 Å². The molecule has 0 bridgehead atoms. The highest BCUT2D eigenvalue weighted by molar-refractivity contribution is 4.95. The van der Waals surface area contributed by atoms with E-state index in [-0.39, 0.29) is 5.60 Å². The van der Waals surface area contributed by atoms with E-state index in [2.05, 4.69) is 26.0 Å². The lowest BCUT2D eigenvalue weighted by Gasteiger charge is -2.32. The quantitative estimate of drug-likeness (QED) is 0.489. The third-order valence-corrected chi connectivity index (χ3v) is 2.56. The van der Waals surface area contributed by atoms with Crippen molar-refractivity contribution >= 4 is 0 Å². The Morgan fingerprint density at radius 1 is 1.45 bits per heavy atom. The molecular weight excluding hydrogens is 138 g/mol. The molecule has 0 fully saturated rings. The average molecular weight is 155 g/mol. The highest BCUT2D eigenvalue weighted by Gasteiger charge is 2.29. The molecule has 0 aromatic rings. The first-order valence-electron chi connectivity index (χ1n) is 4.19. The van der Waals surface area contributed by atoms with Crippen LogP contribution in [0, 0.1) is 5.92 Å². The molecule has 0 heterocycles. The van der Waals surface area contributed by atoms with E-state index < -0.39 is 0 Å². The van der Waals surface area contributed by atoms with Gasteiger partial charge in [0.15, 0.2) is 0 Å². The van der Waals surface area contributed by atoms with Gasteiger partial charge in [0.1, 0.15) is 0 Å². The van der Waals surface area contributed by atoms with Gasteiger partial charge in [0, 0.05) is 0 Å². The number of rotatable bonds is 2. The first kappa shape index (κ1) is 8.75.